The summed E-state index contributed by atoms with van der Waals surface area (Å²) < 4.78 is 7.10. The van der Waals surface area contributed by atoms with E-state index < -0.39 is 0 Å². The van der Waals surface area contributed by atoms with Gasteiger partial charge in [-0.2, -0.15) is 0 Å². The van der Waals surface area contributed by atoms with Crippen molar-refractivity contribution in [2.45, 2.75) is 6.54 Å². The number of nitrogens with zero attached hydrogens (tertiary/aromatic N) is 6. The number of furan rings is 1. The molecule has 0 aliphatic rings. The first kappa shape index (κ1) is 11.7. The molecule has 0 radical (unpaired) electrons. The molecule has 7 nitrogen and oxygen atoms in total. The van der Waals surface area contributed by atoms with Crippen LogP contribution in [0.1, 0.15) is 5.56 Å². The summed E-state index contributed by atoms with van der Waals surface area (Å²) in [6, 6.07) is 7.51. The quantitative estimate of drug-likeness (QED) is 0.569. The molecule has 4 aromatic rings. The van der Waals surface area contributed by atoms with Crippen LogP contribution in [-0.2, 0) is 6.54 Å². The second-order valence-electron chi connectivity index (χ2n) is 4.48. The van der Waals surface area contributed by atoms with Crippen molar-refractivity contribution in [2.24, 2.45) is 0 Å². The third kappa shape index (κ3) is 2.04. The van der Waals surface area contributed by atoms with Crippen LogP contribution in [0.3, 0.4) is 0 Å². The van der Waals surface area contributed by atoms with Crippen LogP contribution < -0.4 is 0 Å². The van der Waals surface area contributed by atoms with Crippen molar-refractivity contribution in [3.63, 3.8) is 0 Å². The van der Waals surface area contributed by atoms with Gasteiger partial charge in [0.2, 0.25) is 0 Å². The zero-order chi connectivity index (χ0) is 14.1. The van der Waals surface area contributed by atoms with Crippen molar-refractivity contribution < 1.29 is 4.42 Å². The van der Waals surface area contributed by atoms with E-state index in [0.29, 0.717) is 29.2 Å². The molecule has 0 aromatic carbocycles. The normalized spacial score (nSPS) is 11.0. The van der Waals surface area contributed by atoms with Gasteiger partial charge in [0.15, 0.2) is 16.9 Å². The summed E-state index contributed by atoms with van der Waals surface area (Å²) in [5, 5.41) is 8.33. The number of pyridine rings is 1. The minimum atomic E-state index is 0.555. The summed E-state index contributed by atoms with van der Waals surface area (Å²) in [5.74, 6) is 0.649. The Hall–Kier alpha value is -3.09. The molecule has 0 aliphatic heterocycles. The molecule has 7 heteroatoms. The Kier molecular flexibility index (Phi) is 2.67. The molecule has 0 spiro atoms. The van der Waals surface area contributed by atoms with Gasteiger partial charge in [-0.1, -0.05) is 11.3 Å². The molecular weight excluding hydrogens is 268 g/mol. The van der Waals surface area contributed by atoms with Crippen LogP contribution in [0.15, 0.2) is 53.7 Å². The lowest BCUT2D eigenvalue weighted by atomic mass is 10.2. The molecular formula is C14H10N6O. The molecule has 0 N–H and O–H groups in total. The maximum absolute atomic E-state index is 5.38. The van der Waals surface area contributed by atoms with Crippen molar-refractivity contribution in [1.29, 1.82) is 0 Å². The fourth-order valence-corrected chi connectivity index (χ4v) is 2.16. The van der Waals surface area contributed by atoms with E-state index in [2.05, 4.69) is 25.3 Å². The standard InChI is InChI=1S/C14H10N6O/c1-3-10(7-15-5-1)8-20-14-13(18-19-20)12(16-9-17-14)11-4-2-6-21-11/h1-7,9H,8H2. The SMILES string of the molecule is c1cncc(Cn2nnc3c(-c4ccco4)ncnc32)c1. The lowest BCUT2D eigenvalue weighted by Gasteiger charge is -2.01. The summed E-state index contributed by atoms with van der Waals surface area (Å²) >= 11 is 0. The number of hydrogen-bond acceptors (Lipinski definition) is 6. The molecule has 0 aliphatic carbocycles. The summed E-state index contributed by atoms with van der Waals surface area (Å²) in [4.78, 5) is 12.6. The van der Waals surface area contributed by atoms with Crippen molar-refractivity contribution >= 4 is 11.2 Å². The maximum atomic E-state index is 5.38. The van der Waals surface area contributed by atoms with Gasteiger partial charge in [-0.25, -0.2) is 14.6 Å². The summed E-state index contributed by atoms with van der Waals surface area (Å²) in [6.07, 6.45) is 6.62. The summed E-state index contributed by atoms with van der Waals surface area (Å²) in [5.41, 5.74) is 2.96. The van der Waals surface area contributed by atoms with Crippen molar-refractivity contribution in [3.8, 4) is 11.5 Å². The van der Waals surface area contributed by atoms with Gasteiger partial charge in [-0.3, -0.25) is 4.98 Å². The highest BCUT2D eigenvalue weighted by Gasteiger charge is 2.14. The summed E-state index contributed by atoms with van der Waals surface area (Å²) in [6.45, 7) is 0.555. The largest absolute Gasteiger partial charge is 0.463 e. The van der Waals surface area contributed by atoms with E-state index in [-0.39, 0.29) is 0 Å². The van der Waals surface area contributed by atoms with Crippen LogP contribution in [0.25, 0.3) is 22.6 Å². The van der Waals surface area contributed by atoms with Gasteiger partial charge >= 0.3 is 0 Å². The number of fused-ring (bicyclic) bond motifs is 1. The van der Waals surface area contributed by atoms with E-state index in [1.165, 1.54) is 6.33 Å². The van der Waals surface area contributed by atoms with Crippen LogP contribution in [0.5, 0.6) is 0 Å². The molecule has 0 saturated heterocycles. The van der Waals surface area contributed by atoms with Crippen LogP contribution in [0, 0.1) is 0 Å². The van der Waals surface area contributed by atoms with E-state index in [4.69, 9.17) is 4.42 Å². The average molecular weight is 278 g/mol. The molecule has 21 heavy (non-hydrogen) atoms. The molecule has 4 heterocycles. The second-order valence-corrected chi connectivity index (χ2v) is 4.48. The van der Waals surface area contributed by atoms with Crippen LogP contribution in [0.4, 0.5) is 0 Å². The fourth-order valence-electron chi connectivity index (χ4n) is 2.16. The average Bonchev–Trinajstić information content (AvgIpc) is 3.18. The molecule has 102 valence electrons. The van der Waals surface area contributed by atoms with E-state index in [9.17, 15) is 0 Å². The lowest BCUT2D eigenvalue weighted by molar-refractivity contribution is 0.580. The third-order valence-electron chi connectivity index (χ3n) is 3.11. The molecule has 0 unspecified atom stereocenters. The van der Waals surface area contributed by atoms with Gasteiger partial charge in [0, 0.05) is 12.4 Å². The van der Waals surface area contributed by atoms with Crippen LogP contribution in [0.2, 0.25) is 0 Å². The lowest BCUT2D eigenvalue weighted by Crippen LogP contribution is -2.03. The Bertz CT molecular complexity index is 869. The first-order valence-electron chi connectivity index (χ1n) is 6.39. The molecule has 4 aromatic heterocycles. The zero-order valence-electron chi connectivity index (χ0n) is 10.9. The molecule has 0 saturated carbocycles. The zero-order valence-corrected chi connectivity index (χ0v) is 10.9. The predicted octanol–water partition coefficient (Wildman–Crippen LogP) is 1.92. The molecule has 4 rings (SSSR count). The van der Waals surface area contributed by atoms with Gasteiger partial charge < -0.3 is 4.42 Å². The minimum Gasteiger partial charge on any atom is -0.463 e. The van der Waals surface area contributed by atoms with Gasteiger partial charge in [0.05, 0.1) is 12.8 Å². The van der Waals surface area contributed by atoms with E-state index >= 15 is 0 Å². The first-order valence-corrected chi connectivity index (χ1v) is 6.39. The van der Waals surface area contributed by atoms with Gasteiger partial charge in [-0.15, -0.1) is 5.10 Å². The van der Waals surface area contributed by atoms with E-state index in [1.807, 2.05) is 24.3 Å². The van der Waals surface area contributed by atoms with Crippen molar-refractivity contribution in [2.75, 3.05) is 0 Å². The highest BCUT2D eigenvalue weighted by atomic mass is 16.3. The molecule has 0 bridgehead atoms. The van der Waals surface area contributed by atoms with Crippen LogP contribution >= 0.6 is 0 Å². The minimum absolute atomic E-state index is 0.555. The van der Waals surface area contributed by atoms with Crippen molar-refractivity contribution in [3.05, 3.63) is 54.8 Å². The monoisotopic (exact) mass is 278 g/mol. The Labute approximate surface area is 119 Å². The predicted molar refractivity (Wildman–Crippen MR) is 74.2 cm³/mol. The number of rotatable bonds is 3. The number of hydrogen-bond donors (Lipinski definition) is 0. The van der Waals surface area contributed by atoms with Gasteiger partial charge in [0.1, 0.15) is 12.0 Å². The van der Waals surface area contributed by atoms with E-state index in [0.717, 1.165) is 5.56 Å². The Morgan fingerprint density at radius 1 is 1.14 bits per heavy atom. The van der Waals surface area contributed by atoms with Crippen molar-refractivity contribution in [1.82, 2.24) is 29.9 Å². The van der Waals surface area contributed by atoms with Gasteiger partial charge in [-0.05, 0) is 23.8 Å². The summed E-state index contributed by atoms with van der Waals surface area (Å²) in [7, 11) is 0. The Balaban J connectivity index is 1.81. The smallest absolute Gasteiger partial charge is 0.182 e. The Morgan fingerprint density at radius 2 is 2.14 bits per heavy atom. The molecule has 0 amide bonds. The highest BCUT2D eigenvalue weighted by Crippen LogP contribution is 2.23. The Morgan fingerprint density at radius 3 is 2.95 bits per heavy atom. The van der Waals surface area contributed by atoms with Crippen LogP contribution in [-0.4, -0.2) is 29.9 Å². The highest BCUT2D eigenvalue weighted by molar-refractivity contribution is 5.84. The third-order valence-corrected chi connectivity index (χ3v) is 3.11. The molecule has 0 fully saturated rings. The number of aromatic nitrogens is 6. The molecule has 0 atom stereocenters. The second kappa shape index (κ2) is 4.78. The fraction of sp³-hybridized carbons (Fsp3) is 0.0714. The van der Waals surface area contributed by atoms with E-state index in [1.54, 1.807) is 23.3 Å². The topological polar surface area (TPSA) is 82.5 Å². The first-order chi connectivity index (χ1) is 10.4. The maximum Gasteiger partial charge on any atom is 0.182 e. The van der Waals surface area contributed by atoms with Gasteiger partial charge in [0.25, 0.3) is 0 Å².